The van der Waals surface area contributed by atoms with Crippen LogP contribution < -0.4 is 5.32 Å². The van der Waals surface area contributed by atoms with Gasteiger partial charge >= 0.3 is 0 Å². The molecule has 0 aliphatic carbocycles. The van der Waals surface area contributed by atoms with Gasteiger partial charge in [0.15, 0.2) is 0 Å². The Morgan fingerprint density at radius 1 is 0.955 bits per heavy atom. The molecule has 0 unspecified atom stereocenters. The Labute approximate surface area is 135 Å². The van der Waals surface area contributed by atoms with Crippen LogP contribution in [0, 0.1) is 0 Å². The first-order chi connectivity index (χ1) is 10.7. The number of aryl methyl sites for hydroxylation is 1. The second-order valence-electron chi connectivity index (χ2n) is 5.99. The van der Waals surface area contributed by atoms with E-state index in [2.05, 4.69) is 12.2 Å². The molecule has 1 aromatic rings. The Morgan fingerprint density at radius 2 is 1.55 bits per heavy atom. The molecule has 3 nitrogen and oxygen atoms in total. The van der Waals surface area contributed by atoms with Gasteiger partial charge in [-0.05, 0) is 30.5 Å². The van der Waals surface area contributed by atoms with E-state index >= 15 is 0 Å². The Kier molecular flexibility index (Phi) is 10.2. The summed E-state index contributed by atoms with van der Waals surface area (Å²) in [6.07, 6.45) is 11.5. The van der Waals surface area contributed by atoms with Crippen molar-refractivity contribution in [1.29, 1.82) is 0 Å². The standard InChI is InChI=1S/C19H31NO2/c1-2-3-4-5-6-7-8-9-16-20-19(22)15-12-17-10-13-18(21)14-11-17/h10-11,13-14,21H,2-9,12,15-16H2,1H3,(H,20,22). The van der Waals surface area contributed by atoms with Gasteiger partial charge in [-0.15, -0.1) is 0 Å². The van der Waals surface area contributed by atoms with Crippen LogP contribution in [0.3, 0.4) is 0 Å². The third-order valence-corrected chi connectivity index (χ3v) is 3.93. The number of benzene rings is 1. The van der Waals surface area contributed by atoms with Crippen LogP contribution in [0.15, 0.2) is 24.3 Å². The predicted octanol–water partition coefficient (Wildman–Crippen LogP) is 4.58. The van der Waals surface area contributed by atoms with E-state index in [1.807, 2.05) is 12.1 Å². The number of rotatable bonds is 12. The zero-order chi connectivity index (χ0) is 16.0. The van der Waals surface area contributed by atoms with Crippen LogP contribution in [-0.2, 0) is 11.2 Å². The van der Waals surface area contributed by atoms with Gasteiger partial charge in [0, 0.05) is 13.0 Å². The van der Waals surface area contributed by atoms with Crippen molar-refractivity contribution in [2.75, 3.05) is 6.54 Å². The maximum absolute atomic E-state index is 11.7. The molecule has 2 N–H and O–H groups in total. The number of carbonyl (C=O) groups is 1. The highest BCUT2D eigenvalue weighted by Gasteiger charge is 2.02. The summed E-state index contributed by atoms with van der Waals surface area (Å²) in [6, 6.07) is 7.05. The molecule has 1 rings (SSSR count). The number of nitrogens with one attached hydrogen (secondary N) is 1. The monoisotopic (exact) mass is 305 g/mol. The molecule has 0 fully saturated rings. The van der Waals surface area contributed by atoms with Crippen molar-refractivity contribution in [3.05, 3.63) is 29.8 Å². The van der Waals surface area contributed by atoms with E-state index in [9.17, 15) is 9.90 Å². The Bertz CT molecular complexity index is 400. The molecule has 0 saturated carbocycles. The van der Waals surface area contributed by atoms with Crippen LogP contribution in [0.1, 0.15) is 70.3 Å². The van der Waals surface area contributed by atoms with Crippen molar-refractivity contribution in [3.63, 3.8) is 0 Å². The van der Waals surface area contributed by atoms with Gasteiger partial charge in [0.2, 0.25) is 5.91 Å². The second kappa shape index (κ2) is 12.1. The van der Waals surface area contributed by atoms with Gasteiger partial charge in [-0.2, -0.15) is 0 Å². The van der Waals surface area contributed by atoms with Gasteiger partial charge in [-0.1, -0.05) is 64.0 Å². The SMILES string of the molecule is CCCCCCCCCCNC(=O)CCc1ccc(O)cc1. The Morgan fingerprint density at radius 3 is 2.18 bits per heavy atom. The molecule has 22 heavy (non-hydrogen) atoms. The highest BCUT2D eigenvalue weighted by atomic mass is 16.3. The average Bonchev–Trinajstić information content (AvgIpc) is 2.53. The molecule has 0 radical (unpaired) electrons. The third-order valence-electron chi connectivity index (χ3n) is 3.93. The van der Waals surface area contributed by atoms with E-state index in [1.54, 1.807) is 12.1 Å². The molecule has 0 aliphatic rings. The quantitative estimate of drug-likeness (QED) is 0.555. The summed E-state index contributed by atoms with van der Waals surface area (Å²) < 4.78 is 0. The maximum Gasteiger partial charge on any atom is 0.220 e. The van der Waals surface area contributed by atoms with E-state index in [-0.39, 0.29) is 11.7 Å². The molecule has 0 aromatic heterocycles. The molecule has 0 heterocycles. The van der Waals surface area contributed by atoms with Crippen molar-refractivity contribution < 1.29 is 9.90 Å². The molecule has 0 aliphatic heterocycles. The summed E-state index contributed by atoms with van der Waals surface area (Å²) in [4.78, 5) is 11.7. The maximum atomic E-state index is 11.7. The van der Waals surface area contributed by atoms with Gasteiger partial charge in [0.25, 0.3) is 0 Å². The highest BCUT2D eigenvalue weighted by molar-refractivity contribution is 5.76. The fourth-order valence-corrected chi connectivity index (χ4v) is 2.50. The molecule has 0 saturated heterocycles. The number of hydrogen-bond donors (Lipinski definition) is 2. The molecule has 3 heteroatoms. The fraction of sp³-hybridized carbons (Fsp3) is 0.632. The Balaban J connectivity index is 1.94. The Hall–Kier alpha value is -1.51. The van der Waals surface area contributed by atoms with E-state index in [0.717, 1.165) is 24.9 Å². The number of aromatic hydroxyl groups is 1. The van der Waals surface area contributed by atoms with Gasteiger partial charge in [-0.3, -0.25) is 4.79 Å². The zero-order valence-electron chi connectivity index (χ0n) is 13.9. The summed E-state index contributed by atoms with van der Waals surface area (Å²) in [5.41, 5.74) is 1.08. The van der Waals surface area contributed by atoms with Crippen LogP contribution >= 0.6 is 0 Å². The summed E-state index contributed by atoms with van der Waals surface area (Å²) in [6.45, 7) is 3.04. The minimum Gasteiger partial charge on any atom is -0.508 e. The summed E-state index contributed by atoms with van der Waals surface area (Å²) >= 11 is 0. The molecule has 0 spiro atoms. The summed E-state index contributed by atoms with van der Waals surface area (Å²) in [5.74, 6) is 0.388. The number of phenols is 1. The first-order valence-electron chi connectivity index (χ1n) is 8.77. The predicted molar refractivity (Wildman–Crippen MR) is 92.0 cm³/mol. The smallest absolute Gasteiger partial charge is 0.220 e. The second-order valence-corrected chi connectivity index (χ2v) is 5.99. The van der Waals surface area contributed by atoms with Crippen LogP contribution in [0.25, 0.3) is 0 Å². The van der Waals surface area contributed by atoms with E-state index < -0.39 is 0 Å². The largest absolute Gasteiger partial charge is 0.508 e. The molecular formula is C19H31NO2. The lowest BCUT2D eigenvalue weighted by atomic mass is 10.1. The number of carbonyl (C=O) groups excluding carboxylic acids is 1. The normalized spacial score (nSPS) is 10.6. The van der Waals surface area contributed by atoms with Crippen molar-refractivity contribution in [2.45, 2.75) is 71.1 Å². The summed E-state index contributed by atoms with van der Waals surface area (Å²) in [5, 5.41) is 12.2. The van der Waals surface area contributed by atoms with Crippen LogP contribution in [0.4, 0.5) is 0 Å². The van der Waals surface area contributed by atoms with E-state index in [4.69, 9.17) is 0 Å². The molecule has 1 aromatic carbocycles. The number of phenolic OH excluding ortho intramolecular Hbond substituents is 1. The lowest BCUT2D eigenvalue weighted by Gasteiger charge is -2.06. The minimum absolute atomic E-state index is 0.121. The lowest BCUT2D eigenvalue weighted by Crippen LogP contribution is -2.24. The zero-order valence-corrected chi connectivity index (χ0v) is 13.9. The van der Waals surface area contributed by atoms with Crippen LogP contribution in [0.5, 0.6) is 5.75 Å². The van der Waals surface area contributed by atoms with E-state index in [1.165, 1.54) is 44.9 Å². The fourth-order valence-electron chi connectivity index (χ4n) is 2.50. The van der Waals surface area contributed by atoms with Gasteiger partial charge in [-0.25, -0.2) is 0 Å². The van der Waals surface area contributed by atoms with Crippen molar-refractivity contribution in [2.24, 2.45) is 0 Å². The van der Waals surface area contributed by atoms with Gasteiger partial charge < -0.3 is 10.4 Å². The summed E-state index contributed by atoms with van der Waals surface area (Å²) in [7, 11) is 0. The topological polar surface area (TPSA) is 49.3 Å². The molecular weight excluding hydrogens is 274 g/mol. The molecule has 0 atom stereocenters. The average molecular weight is 305 g/mol. The molecule has 1 amide bonds. The molecule has 0 bridgehead atoms. The number of unbranched alkanes of at least 4 members (excludes halogenated alkanes) is 7. The van der Waals surface area contributed by atoms with Crippen LogP contribution in [-0.4, -0.2) is 17.6 Å². The minimum atomic E-state index is 0.121. The number of hydrogen-bond acceptors (Lipinski definition) is 2. The van der Waals surface area contributed by atoms with Crippen molar-refractivity contribution >= 4 is 5.91 Å². The first kappa shape index (κ1) is 18.5. The van der Waals surface area contributed by atoms with Crippen LogP contribution in [0.2, 0.25) is 0 Å². The number of amides is 1. The lowest BCUT2D eigenvalue weighted by molar-refractivity contribution is -0.121. The highest BCUT2D eigenvalue weighted by Crippen LogP contribution is 2.11. The molecule has 124 valence electrons. The van der Waals surface area contributed by atoms with Gasteiger partial charge in [0.05, 0.1) is 0 Å². The third kappa shape index (κ3) is 9.43. The first-order valence-corrected chi connectivity index (χ1v) is 8.77. The van der Waals surface area contributed by atoms with E-state index in [0.29, 0.717) is 6.42 Å². The van der Waals surface area contributed by atoms with Crippen molar-refractivity contribution in [1.82, 2.24) is 5.32 Å². The van der Waals surface area contributed by atoms with Gasteiger partial charge in [0.1, 0.15) is 5.75 Å². The van der Waals surface area contributed by atoms with Crippen molar-refractivity contribution in [3.8, 4) is 5.75 Å².